The van der Waals surface area contributed by atoms with E-state index < -0.39 is 23.8 Å². The Kier molecular flexibility index (Phi) is 4.53. The monoisotopic (exact) mass is 340 g/mol. The first-order chi connectivity index (χ1) is 11.9. The number of benzene rings is 1. The quantitative estimate of drug-likeness (QED) is 0.775. The Hall–Kier alpha value is -2.76. The molecule has 1 aromatic carbocycles. The van der Waals surface area contributed by atoms with Gasteiger partial charge in [-0.05, 0) is 30.9 Å². The van der Waals surface area contributed by atoms with Crippen molar-refractivity contribution in [3.63, 3.8) is 0 Å². The Morgan fingerprint density at radius 2 is 1.88 bits per heavy atom. The molecule has 130 valence electrons. The summed E-state index contributed by atoms with van der Waals surface area (Å²) < 4.78 is 4.93. The van der Waals surface area contributed by atoms with Gasteiger partial charge in [0.05, 0.1) is 13.1 Å². The third-order valence-corrected chi connectivity index (χ3v) is 4.80. The molecule has 0 radical (unpaired) electrons. The summed E-state index contributed by atoms with van der Waals surface area (Å²) >= 11 is 0. The molecule has 3 rings (SSSR count). The van der Waals surface area contributed by atoms with Gasteiger partial charge in [0.25, 0.3) is 0 Å². The van der Waals surface area contributed by atoms with E-state index in [0.717, 1.165) is 12.1 Å². The summed E-state index contributed by atoms with van der Waals surface area (Å²) in [4.78, 5) is 40.4. The van der Waals surface area contributed by atoms with Crippen LogP contribution in [0.1, 0.15) is 48.0 Å². The number of Topliss-reactive ketones (excluding diaryl/α,β-unsaturated/α-hetero) is 1. The van der Waals surface area contributed by atoms with Crippen molar-refractivity contribution in [2.45, 2.75) is 32.1 Å². The maximum absolute atomic E-state index is 12.6. The number of carbonyl (C=O) groups is 3. The van der Waals surface area contributed by atoms with Gasteiger partial charge in [-0.1, -0.05) is 24.3 Å². The SMILES string of the molecule is COC(=O)C1C(C)=NC2=C(C(=O)CCC2)[C@@H]1c1ccc(C(=O)[O-])cc1. The van der Waals surface area contributed by atoms with Gasteiger partial charge in [0.15, 0.2) is 5.78 Å². The van der Waals surface area contributed by atoms with Crippen LogP contribution in [0.3, 0.4) is 0 Å². The number of allylic oxidation sites excluding steroid dienone is 2. The van der Waals surface area contributed by atoms with E-state index in [1.807, 2.05) is 0 Å². The molecule has 1 unspecified atom stereocenters. The van der Waals surface area contributed by atoms with Crippen molar-refractivity contribution in [3.8, 4) is 0 Å². The smallest absolute Gasteiger partial charge is 0.315 e. The van der Waals surface area contributed by atoms with E-state index in [9.17, 15) is 19.5 Å². The molecule has 6 heteroatoms. The van der Waals surface area contributed by atoms with Gasteiger partial charge in [-0.25, -0.2) is 0 Å². The van der Waals surface area contributed by atoms with Crippen LogP contribution in [0.5, 0.6) is 0 Å². The number of methoxy groups -OCH3 is 1. The fourth-order valence-electron chi connectivity index (χ4n) is 3.63. The number of hydrogen-bond acceptors (Lipinski definition) is 6. The predicted molar refractivity (Wildman–Crippen MR) is 88.0 cm³/mol. The number of carboxylic acid groups (broad SMARTS) is 1. The highest BCUT2D eigenvalue weighted by Crippen LogP contribution is 2.43. The number of rotatable bonds is 3. The number of aromatic carboxylic acids is 1. The van der Waals surface area contributed by atoms with Gasteiger partial charge < -0.3 is 14.6 Å². The lowest BCUT2D eigenvalue weighted by Gasteiger charge is -2.34. The molecule has 0 aromatic heterocycles. The second-order valence-electron chi connectivity index (χ2n) is 6.28. The van der Waals surface area contributed by atoms with E-state index >= 15 is 0 Å². The lowest BCUT2D eigenvalue weighted by molar-refractivity contribution is -0.255. The van der Waals surface area contributed by atoms with Crippen LogP contribution in [0.25, 0.3) is 0 Å². The third-order valence-electron chi connectivity index (χ3n) is 4.80. The first-order valence-electron chi connectivity index (χ1n) is 8.14. The second-order valence-corrected chi connectivity index (χ2v) is 6.28. The number of aliphatic imine (C=N–C) groups is 1. The van der Waals surface area contributed by atoms with Crippen LogP contribution >= 0.6 is 0 Å². The maximum Gasteiger partial charge on any atom is 0.315 e. The minimum atomic E-state index is -1.27. The van der Waals surface area contributed by atoms with E-state index in [2.05, 4.69) is 4.99 Å². The first-order valence-corrected chi connectivity index (χ1v) is 8.14. The zero-order valence-electron chi connectivity index (χ0n) is 14.1. The normalized spacial score (nSPS) is 23.0. The molecule has 25 heavy (non-hydrogen) atoms. The number of ether oxygens (including phenoxy) is 1. The third kappa shape index (κ3) is 2.99. The first kappa shape index (κ1) is 17.1. The zero-order chi connectivity index (χ0) is 18.1. The number of carbonyl (C=O) groups excluding carboxylic acids is 3. The summed E-state index contributed by atoms with van der Waals surface area (Å²) in [5.74, 6) is -2.95. The molecule has 1 heterocycles. The number of esters is 1. The molecule has 0 saturated heterocycles. The fourth-order valence-corrected chi connectivity index (χ4v) is 3.63. The lowest BCUT2D eigenvalue weighted by atomic mass is 9.71. The van der Waals surface area contributed by atoms with Crippen LogP contribution in [0.15, 0.2) is 40.5 Å². The summed E-state index contributed by atoms with van der Waals surface area (Å²) in [6, 6.07) is 6.09. The Balaban J connectivity index is 2.14. The summed E-state index contributed by atoms with van der Waals surface area (Å²) in [5.41, 5.74) is 2.62. The highest BCUT2D eigenvalue weighted by Gasteiger charge is 2.42. The molecule has 0 N–H and O–H groups in total. The van der Waals surface area contributed by atoms with Crippen LogP contribution in [0.4, 0.5) is 0 Å². The van der Waals surface area contributed by atoms with E-state index in [1.54, 1.807) is 19.1 Å². The topological polar surface area (TPSA) is 95.9 Å². The average molecular weight is 340 g/mol. The van der Waals surface area contributed by atoms with Gasteiger partial charge in [-0.2, -0.15) is 0 Å². The lowest BCUT2D eigenvalue weighted by Crippen LogP contribution is -2.37. The number of ketones is 1. The summed E-state index contributed by atoms with van der Waals surface area (Å²) in [6.45, 7) is 1.76. The second kappa shape index (κ2) is 6.63. The molecule has 0 bridgehead atoms. The van der Waals surface area contributed by atoms with Crippen molar-refractivity contribution in [2.24, 2.45) is 10.9 Å². The van der Waals surface area contributed by atoms with Gasteiger partial charge >= 0.3 is 5.97 Å². The molecule has 0 amide bonds. The van der Waals surface area contributed by atoms with Crippen molar-refractivity contribution in [1.29, 1.82) is 0 Å². The summed E-state index contributed by atoms with van der Waals surface area (Å²) in [7, 11) is 1.30. The van der Waals surface area contributed by atoms with Gasteiger partial charge in [0.1, 0.15) is 5.92 Å². The van der Waals surface area contributed by atoms with E-state index in [4.69, 9.17) is 4.74 Å². The minimum Gasteiger partial charge on any atom is -0.545 e. The largest absolute Gasteiger partial charge is 0.545 e. The molecule has 6 nitrogen and oxygen atoms in total. The van der Waals surface area contributed by atoms with Crippen molar-refractivity contribution in [1.82, 2.24) is 0 Å². The van der Waals surface area contributed by atoms with Crippen LogP contribution in [0, 0.1) is 5.92 Å². The van der Waals surface area contributed by atoms with Crippen molar-refractivity contribution in [3.05, 3.63) is 46.7 Å². The Bertz CT molecular complexity index is 804. The van der Waals surface area contributed by atoms with Crippen molar-refractivity contribution < 1.29 is 24.2 Å². The van der Waals surface area contributed by atoms with Gasteiger partial charge in [-0.3, -0.25) is 14.6 Å². The molecular formula is C19H18NO5-. The summed E-state index contributed by atoms with van der Waals surface area (Å²) in [5, 5.41) is 11.0. The molecule has 1 aliphatic carbocycles. The van der Waals surface area contributed by atoms with Crippen LogP contribution in [-0.2, 0) is 14.3 Å². The Morgan fingerprint density at radius 1 is 1.20 bits per heavy atom. The molecule has 0 spiro atoms. The van der Waals surface area contributed by atoms with Gasteiger partial charge in [0, 0.05) is 29.3 Å². The summed E-state index contributed by atoms with van der Waals surface area (Å²) in [6.07, 6.45) is 1.86. The van der Waals surface area contributed by atoms with Gasteiger partial charge in [-0.15, -0.1) is 0 Å². The fraction of sp³-hybridized carbons (Fsp3) is 0.368. The van der Waals surface area contributed by atoms with Crippen LogP contribution in [0.2, 0.25) is 0 Å². The standard InChI is InChI=1S/C19H19NO5/c1-10-15(19(24)25-2)16(11-6-8-12(9-7-11)18(22)23)17-13(20-10)4-3-5-14(17)21/h6-9,15-16H,3-5H2,1-2H3,(H,22,23)/p-1/t15?,16-/m1/s1. The molecule has 0 saturated carbocycles. The highest BCUT2D eigenvalue weighted by molar-refractivity contribution is 6.08. The Labute approximate surface area is 145 Å². The molecule has 0 fully saturated rings. The van der Waals surface area contributed by atoms with E-state index in [-0.39, 0.29) is 11.3 Å². The Morgan fingerprint density at radius 3 is 2.48 bits per heavy atom. The average Bonchev–Trinajstić information content (AvgIpc) is 2.60. The van der Waals surface area contributed by atoms with Crippen molar-refractivity contribution >= 4 is 23.4 Å². The van der Waals surface area contributed by atoms with E-state index in [0.29, 0.717) is 29.7 Å². The highest BCUT2D eigenvalue weighted by atomic mass is 16.5. The molecule has 1 aromatic rings. The van der Waals surface area contributed by atoms with E-state index in [1.165, 1.54) is 19.2 Å². The van der Waals surface area contributed by atoms with Crippen molar-refractivity contribution in [2.75, 3.05) is 7.11 Å². The predicted octanol–water partition coefficient (Wildman–Crippen LogP) is 1.40. The number of nitrogens with zero attached hydrogens (tertiary/aromatic N) is 1. The number of hydrogen-bond donors (Lipinski definition) is 0. The minimum absolute atomic E-state index is 0.0135. The maximum atomic E-state index is 12.6. The molecule has 2 atom stereocenters. The number of carboxylic acids is 1. The molecule has 2 aliphatic rings. The zero-order valence-corrected chi connectivity index (χ0v) is 14.1. The van der Waals surface area contributed by atoms with Crippen LogP contribution < -0.4 is 5.11 Å². The van der Waals surface area contributed by atoms with Crippen LogP contribution in [-0.4, -0.2) is 30.5 Å². The van der Waals surface area contributed by atoms with Gasteiger partial charge in [0.2, 0.25) is 0 Å². The molecule has 1 aliphatic heterocycles. The molecular weight excluding hydrogens is 322 g/mol.